The van der Waals surface area contributed by atoms with Gasteiger partial charge in [-0.1, -0.05) is 30.3 Å². The molecule has 1 fully saturated rings. The summed E-state index contributed by atoms with van der Waals surface area (Å²) in [5.41, 5.74) is 0.808. The van der Waals surface area contributed by atoms with Gasteiger partial charge in [0, 0.05) is 43.2 Å². The van der Waals surface area contributed by atoms with Gasteiger partial charge < -0.3 is 10.6 Å². The fraction of sp³-hybridized carbons (Fsp3) is 0.286. The number of anilines is 1. The van der Waals surface area contributed by atoms with Crippen LogP contribution >= 0.6 is 0 Å². The first-order valence-corrected chi connectivity index (χ1v) is 9.39. The number of rotatable bonds is 4. The number of hydrogen-bond acceptors (Lipinski definition) is 4. The van der Waals surface area contributed by atoms with E-state index < -0.39 is 17.3 Å². The summed E-state index contributed by atoms with van der Waals surface area (Å²) in [6.07, 6.45) is 1.18. The predicted octanol–water partition coefficient (Wildman–Crippen LogP) is 2.31. The molecule has 150 valence electrons. The van der Waals surface area contributed by atoms with Crippen LogP contribution in [0, 0.1) is 11.6 Å². The van der Waals surface area contributed by atoms with E-state index in [-0.39, 0.29) is 24.0 Å². The molecule has 8 heteroatoms. The molecule has 0 bridgehead atoms. The van der Waals surface area contributed by atoms with Gasteiger partial charge >= 0.3 is 0 Å². The maximum Gasteiger partial charge on any atom is 0.272 e. The fourth-order valence-electron chi connectivity index (χ4n) is 3.65. The predicted molar refractivity (Wildman–Crippen MR) is 105 cm³/mol. The lowest BCUT2D eigenvalue weighted by molar-refractivity contribution is -0.119. The molecular formula is C21H20F2N4O2. The second-order valence-electron chi connectivity index (χ2n) is 7.27. The number of carbonyl (C=O) groups is 2. The first-order chi connectivity index (χ1) is 13.9. The van der Waals surface area contributed by atoms with Gasteiger partial charge in [-0.15, -0.1) is 0 Å². The van der Waals surface area contributed by atoms with Crippen molar-refractivity contribution in [2.24, 2.45) is 4.99 Å². The van der Waals surface area contributed by atoms with Crippen molar-refractivity contribution < 1.29 is 18.4 Å². The van der Waals surface area contributed by atoms with Gasteiger partial charge in [0.15, 0.2) is 11.6 Å². The van der Waals surface area contributed by atoms with Crippen LogP contribution in [0.1, 0.15) is 18.4 Å². The van der Waals surface area contributed by atoms with Crippen molar-refractivity contribution >= 4 is 23.2 Å². The van der Waals surface area contributed by atoms with E-state index in [0.717, 1.165) is 17.7 Å². The standard InChI is InChI=1S/C21H20F2N4O2/c22-16-7-6-15(12-17(16)23)24-18(28)13-27-10-8-21(9-11-27)25-19(20(29)26-21)14-4-2-1-3-5-14/h1-7,12H,8-11,13H2,(H,24,28)(H,26,29). The van der Waals surface area contributed by atoms with E-state index in [9.17, 15) is 18.4 Å². The molecule has 0 unspecified atom stereocenters. The van der Waals surface area contributed by atoms with Crippen molar-refractivity contribution in [3.05, 3.63) is 65.7 Å². The smallest absolute Gasteiger partial charge is 0.272 e. The molecule has 0 atom stereocenters. The lowest BCUT2D eigenvalue weighted by Gasteiger charge is -2.36. The minimum Gasteiger partial charge on any atom is -0.326 e. The van der Waals surface area contributed by atoms with Crippen LogP contribution < -0.4 is 10.6 Å². The average Bonchev–Trinajstić information content (AvgIpc) is 3.03. The van der Waals surface area contributed by atoms with E-state index in [1.807, 2.05) is 35.2 Å². The first-order valence-electron chi connectivity index (χ1n) is 9.39. The number of carbonyl (C=O) groups excluding carboxylic acids is 2. The summed E-state index contributed by atoms with van der Waals surface area (Å²) in [6.45, 7) is 1.28. The molecule has 0 aliphatic carbocycles. The molecule has 2 amide bonds. The second-order valence-corrected chi connectivity index (χ2v) is 7.27. The lowest BCUT2D eigenvalue weighted by atomic mass is 9.98. The highest BCUT2D eigenvalue weighted by molar-refractivity contribution is 6.46. The van der Waals surface area contributed by atoms with Crippen LogP contribution in [-0.2, 0) is 9.59 Å². The minimum atomic E-state index is -1.01. The molecule has 2 aliphatic rings. The molecule has 0 radical (unpaired) electrons. The Balaban J connectivity index is 1.35. The fourth-order valence-corrected chi connectivity index (χ4v) is 3.65. The number of likely N-dealkylation sites (tertiary alicyclic amines) is 1. The van der Waals surface area contributed by atoms with Gasteiger partial charge in [-0.25, -0.2) is 8.78 Å². The third-order valence-electron chi connectivity index (χ3n) is 5.19. The average molecular weight is 398 g/mol. The van der Waals surface area contributed by atoms with Crippen LogP contribution in [0.25, 0.3) is 0 Å². The van der Waals surface area contributed by atoms with Crippen LogP contribution in [0.2, 0.25) is 0 Å². The van der Waals surface area contributed by atoms with Gasteiger partial charge in [0.05, 0.1) is 6.54 Å². The summed E-state index contributed by atoms with van der Waals surface area (Å²) >= 11 is 0. The molecule has 29 heavy (non-hydrogen) atoms. The van der Waals surface area contributed by atoms with Crippen molar-refractivity contribution in [3.8, 4) is 0 Å². The van der Waals surface area contributed by atoms with E-state index in [2.05, 4.69) is 15.6 Å². The number of hydrogen-bond donors (Lipinski definition) is 2. The molecule has 1 saturated heterocycles. The number of halogens is 2. The number of piperidine rings is 1. The van der Waals surface area contributed by atoms with E-state index in [0.29, 0.717) is 31.6 Å². The third kappa shape index (κ3) is 4.17. The maximum absolute atomic E-state index is 13.3. The second kappa shape index (κ2) is 7.71. The summed E-state index contributed by atoms with van der Waals surface area (Å²) in [5.74, 6) is -2.46. The van der Waals surface area contributed by atoms with E-state index in [4.69, 9.17) is 0 Å². The number of amides is 2. The molecule has 0 aromatic heterocycles. The highest BCUT2D eigenvalue weighted by atomic mass is 19.2. The maximum atomic E-state index is 13.3. The van der Waals surface area contributed by atoms with Gasteiger partial charge in [-0.3, -0.25) is 19.5 Å². The van der Waals surface area contributed by atoms with Gasteiger partial charge in [-0.05, 0) is 12.1 Å². The normalized spacial score (nSPS) is 18.4. The molecule has 4 rings (SSSR count). The summed E-state index contributed by atoms with van der Waals surface area (Å²) < 4.78 is 26.2. The number of aliphatic imine (C=N–C) groups is 1. The number of benzene rings is 2. The molecule has 6 nitrogen and oxygen atoms in total. The largest absolute Gasteiger partial charge is 0.326 e. The molecule has 2 aliphatic heterocycles. The van der Waals surface area contributed by atoms with E-state index in [1.165, 1.54) is 6.07 Å². The van der Waals surface area contributed by atoms with Crippen molar-refractivity contribution in [1.29, 1.82) is 0 Å². The van der Waals surface area contributed by atoms with Crippen LogP contribution in [0.4, 0.5) is 14.5 Å². The van der Waals surface area contributed by atoms with Crippen LogP contribution in [0.5, 0.6) is 0 Å². The molecule has 2 aromatic carbocycles. The third-order valence-corrected chi connectivity index (χ3v) is 5.19. The summed E-state index contributed by atoms with van der Waals surface area (Å²) in [6, 6.07) is 12.6. The van der Waals surface area contributed by atoms with Crippen molar-refractivity contribution in [1.82, 2.24) is 10.2 Å². The van der Waals surface area contributed by atoms with Crippen molar-refractivity contribution in [3.63, 3.8) is 0 Å². The minimum absolute atomic E-state index is 0.123. The summed E-state index contributed by atoms with van der Waals surface area (Å²) in [4.78, 5) is 31.2. The van der Waals surface area contributed by atoms with E-state index in [1.54, 1.807) is 0 Å². The quantitative estimate of drug-likeness (QED) is 0.830. The van der Waals surface area contributed by atoms with Crippen LogP contribution in [0.3, 0.4) is 0 Å². The Morgan fingerprint density at radius 2 is 1.83 bits per heavy atom. The zero-order chi connectivity index (χ0) is 20.4. The zero-order valence-electron chi connectivity index (χ0n) is 15.6. The Kier molecular flexibility index (Phi) is 5.10. The summed E-state index contributed by atoms with van der Waals surface area (Å²) in [5, 5.41) is 5.57. The van der Waals surface area contributed by atoms with Gasteiger partial charge in [0.1, 0.15) is 11.4 Å². The molecule has 2 aromatic rings. The lowest BCUT2D eigenvalue weighted by Crippen LogP contribution is -2.52. The molecule has 2 N–H and O–H groups in total. The van der Waals surface area contributed by atoms with Gasteiger partial charge in [0.25, 0.3) is 5.91 Å². The number of nitrogens with zero attached hydrogens (tertiary/aromatic N) is 2. The Bertz CT molecular complexity index is 970. The monoisotopic (exact) mass is 398 g/mol. The Morgan fingerprint density at radius 3 is 2.52 bits per heavy atom. The van der Waals surface area contributed by atoms with Crippen molar-refractivity contribution in [2.45, 2.75) is 18.5 Å². The SMILES string of the molecule is O=C(CN1CCC2(CC1)N=C(c1ccccc1)C(=O)N2)Nc1ccc(F)c(F)c1. The topological polar surface area (TPSA) is 73.8 Å². The van der Waals surface area contributed by atoms with Crippen LogP contribution in [0.15, 0.2) is 53.5 Å². The molecule has 1 spiro atoms. The van der Waals surface area contributed by atoms with E-state index >= 15 is 0 Å². The molecule has 2 heterocycles. The highest BCUT2D eigenvalue weighted by Gasteiger charge is 2.42. The molecule has 0 saturated carbocycles. The molecular weight excluding hydrogens is 378 g/mol. The van der Waals surface area contributed by atoms with Crippen molar-refractivity contribution in [2.75, 3.05) is 25.0 Å². The Morgan fingerprint density at radius 1 is 1.10 bits per heavy atom. The van der Waals surface area contributed by atoms with Crippen LogP contribution in [-0.4, -0.2) is 47.7 Å². The van der Waals surface area contributed by atoms with Gasteiger partial charge in [0.2, 0.25) is 5.91 Å². The zero-order valence-corrected chi connectivity index (χ0v) is 15.6. The number of nitrogens with one attached hydrogen (secondary N) is 2. The van der Waals surface area contributed by atoms with Gasteiger partial charge in [-0.2, -0.15) is 0 Å². The Labute approximate surface area is 166 Å². The summed E-state index contributed by atoms with van der Waals surface area (Å²) in [7, 11) is 0. The highest BCUT2D eigenvalue weighted by Crippen LogP contribution is 2.28. The first kappa shape index (κ1) is 19.2. The Hall–Kier alpha value is -3.13.